The van der Waals surface area contributed by atoms with E-state index in [1.54, 1.807) is 32.8 Å². The van der Waals surface area contributed by atoms with Crippen molar-refractivity contribution in [2.45, 2.75) is 77.7 Å². The maximum atomic E-state index is 14.4. The number of aliphatic hydroxyl groups is 1. The van der Waals surface area contributed by atoms with Crippen LogP contribution >= 0.6 is 0 Å². The second-order valence-electron chi connectivity index (χ2n) is 13.3. The average molecular weight is 618 g/mol. The van der Waals surface area contributed by atoms with E-state index in [-0.39, 0.29) is 36.3 Å². The summed E-state index contributed by atoms with van der Waals surface area (Å²) in [7, 11) is 3.49. The maximum Gasteiger partial charge on any atom is 0.430 e. The highest BCUT2D eigenvalue weighted by Crippen LogP contribution is 2.45. The highest BCUT2D eigenvalue weighted by molar-refractivity contribution is 5.95. The summed E-state index contributed by atoms with van der Waals surface area (Å²) in [4.78, 5) is 30.9. The van der Waals surface area contributed by atoms with Crippen LogP contribution in [0.1, 0.15) is 74.4 Å². The molecular weight excluding hydrogens is 571 g/mol. The van der Waals surface area contributed by atoms with Crippen LogP contribution in [-0.4, -0.2) is 79.3 Å². The Hall–Kier alpha value is -3.27. The lowest BCUT2D eigenvalue weighted by Gasteiger charge is -2.45. The van der Waals surface area contributed by atoms with Gasteiger partial charge in [-0.2, -0.15) is 13.2 Å². The number of anilines is 1. The third kappa shape index (κ3) is 7.16. The second kappa shape index (κ2) is 13.0. The minimum Gasteiger partial charge on any atom is -0.491 e. The fourth-order valence-corrected chi connectivity index (χ4v) is 6.58. The van der Waals surface area contributed by atoms with Crippen LogP contribution in [0.5, 0.6) is 5.75 Å². The summed E-state index contributed by atoms with van der Waals surface area (Å²) >= 11 is 0. The molecule has 44 heavy (non-hydrogen) atoms. The quantitative estimate of drug-likeness (QED) is 0.384. The molecule has 2 fully saturated rings. The molecular formula is C34H46F3N3O4. The lowest BCUT2D eigenvalue weighted by atomic mass is 9.71. The van der Waals surface area contributed by atoms with Crippen LogP contribution in [0, 0.1) is 18.3 Å². The Bertz CT molecular complexity index is 1330. The Balaban J connectivity index is 1.36. The monoisotopic (exact) mass is 617 g/mol. The van der Waals surface area contributed by atoms with E-state index in [0.29, 0.717) is 24.3 Å². The Morgan fingerprint density at radius 2 is 1.68 bits per heavy atom. The summed E-state index contributed by atoms with van der Waals surface area (Å²) in [5, 5.41) is 11.0. The molecule has 7 nitrogen and oxygen atoms in total. The van der Waals surface area contributed by atoms with Gasteiger partial charge in [0.1, 0.15) is 5.75 Å². The molecule has 2 saturated heterocycles. The van der Waals surface area contributed by atoms with Gasteiger partial charge in [0.25, 0.3) is 17.4 Å². The van der Waals surface area contributed by atoms with Gasteiger partial charge >= 0.3 is 6.18 Å². The largest absolute Gasteiger partial charge is 0.491 e. The van der Waals surface area contributed by atoms with Gasteiger partial charge in [0.05, 0.1) is 6.10 Å². The number of benzene rings is 2. The van der Waals surface area contributed by atoms with Crippen LogP contribution in [-0.2, 0) is 10.4 Å². The van der Waals surface area contributed by atoms with E-state index in [9.17, 15) is 27.9 Å². The zero-order valence-electron chi connectivity index (χ0n) is 26.7. The number of hydrogen-bond donors (Lipinski definition) is 1. The fraction of sp³-hybridized carbons (Fsp3) is 0.588. The SMILES string of the molecule is Cc1cc(N2CCC(CC3(C)CCN(C(=O)C(O)(c4cccc(OC(C)C)c4)C(F)(F)F)CC3)CC2)ccc1C(=O)N(C)C. The summed E-state index contributed by atoms with van der Waals surface area (Å²) < 4.78 is 48.6. The van der Waals surface area contributed by atoms with Crippen LogP contribution in [0.2, 0.25) is 0 Å². The Kier molecular flexibility index (Phi) is 9.93. The molecule has 2 aliphatic rings. The molecule has 10 heteroatoms. The molecule has 4 rings (SSSR count). The van der Waals surface area contributed by atoms with E-state index in [1.807, 2.05) is 19.1 Å². The zero-order valence-corrected chi connectivity index (χ0v) is 26.7. The number of likely N-dealkylation sites (tertiary alicyclic amines) is 1. The molecule has 2 aromatic rings. The first-order valence-electron chi connectivity index (χ1n) is 15.5. The first kappa shape index (κ1) is 33.6. The van der Waals surface area contributed by atoms with Gasteiger partial charge in [-0.1, -0.05) is 19.1 Å². The summed E-state index contributed by atoms with van der Waals surface area (Å²) in [6, 6.07) is 11.1. The van der Waals surface area contributed by atoms with Gasteiger partial charge in [0.15, 0.2) is 0 Å². The molecule has 1 N–H and O–H groups in total. The Morgan fingerprint density at radius 3 is 2.23 bits per heavy atom. The van der Waals surface area contributed by atoms with Crippen molar-refractivity contribution in [3.05, 3.63) is 59.2 Å². The molecule has 2 heterocycles. The predicted octanol–water partition coefficient (Wildman–Crippen LogP) is 6.17. The predicted molar refractivity (Wildman–Crippen MR) is 165 cm³/mol. The van der Waals surface area contributed by atoms with Crippen LogP contribution in [0.4, 0.5) is 18.9 Å². The number of carbonyl (C=O) groups is 2. The number of carbonyl (C=O) groups excluding carboxylic acids is 2. The Labute approximate surface area is 259 Å². The second-order valence-corrected chi connectivity index (χ2v) is 13.3. The van der Waals surface area contributed by atoms with Crippen LogP contribution in [0.3, 0.4) is 0 Å². The highest BCUT2D eigenvalue weighted by atomic mass is 19.4. The number of ether oxygens (including phenoxy) is 1. The Morgan fingerprint density at radius 1 is 1.05 bits per heavy atom. The molecule has 0 aromatic heterocycles. The fourth-order valence-electron chi connectivity index (χ4n) is 6.58. The topological polar surface area (TPSA) is 73.3 Å². The smallest absolute Gasteiger partial charge is 0.430 e. The molecule has 0 spiro atoms. The first-order chi connectivity index (χ1) is 20.5. The van der Waals surface area contributed by atoms with E-state index < -0.39 is 23.2 Å². The van der Waals surface area contributed by atoms with Crippen molar-refractivity contribution in [1.82, 2.24) is 9.80 Å². The molecule has 1 atom stereocenters. The van der Waals surface area contributed by atoms with Crippen LogP contribution < -0.4 is 9.64 Å². The van der Waals surface area contributed by atoms with Gasteiger partial charge in [-0.3, -0.25) is 9.59 Å². The van der Waals surface area contributed by atoms with Crippen molar-refractivity contribution in [2.24, 2.45) is 11.3 Å². The van der Waals surface area contributed by atoms with E-state index >= 15 is 0 Å². The van der Waals surface area contributed by atoms with E-state index in [1.165, 1.54) is 17.0 Å². The molecule has 0 saturated carbocycles. The highest BCUT2D eigenvalue weighted by Gasteiger charge is 2.62. The summed E-state index contributed by atoms with van der Waals surface area (Å²) in [6.07, 6.45) is -1.39. The lowest BCUT2D eigenvalue weighted by molar-refractivity contribution is -0.262. The summed E-state index contributed by atoms with van der Waals surface area (Å²) in [5.74, 6) is -0.709. The molecule has 0 aliphatic carbocycles. The van der Waals surface area contributed by atoms with Gasteiger partial charge < -0.3 is 24.5 Å². The third-order valence-corrected chi connectivity index (χ3v) is 9.21. The standard InChI is InChI=1S/C34H46F3N3O4/c1-23(2)44-28-9-7-8-26(21-28)33(43,34(35,36)37)31(42)40-18-14-32(4,15-19-40)22-25-12-16-39(17-13-25)27-10-11-29(24(3)20-27)30(41)38(5)6/h7-11,20-21,23,25,43H,12-19,22H2,1-6H3. The number of aryl methyl sites for hydroxylation is 1. The van der Waals surface area contributed by atoms with Gasteiger partial charge in [-0.15, -0.1) is 0 Å². The van der Waals surface area contributed by atoms with Crippen molar-refractivity contribution in [3.63, 3.8) is 0 Å². The summed E-state index contributed by atoms with van der Waals surface area (Å²) in [5.41, 5.74) is -1.54. The van der Waals surface area contributed by atoms with Crippen LogP contribution in [0.15, 0.2) is 42.5 Å². The van der Waals surface area contributed by atoms with Crippen molar-refractivity contribution in [3.8, 4) is 5.75 Å². The number of amides is 2. The lowest BCUT2D eigenvalue weighted by Crippen LogP contribution is -2.57. The molecule has 0 radical (unpaired) electrons. The number of nitrogens with zero attached hydrogens (tertiary/aromatic N) is 3. The third-order valence-electron chi connectivity index (χ3n) is 9.21. The average Bonchev–Trinajstić information content (AvgIpc) is 2.96. The minimum atomic E-state index is -5.20. The molecule has 2 amide bonds. The minimum absolute atomic E-state index is 0.0118. The van der Waals surface area contributed by atoms with Crippen molar-refractivity contribution in [1.29, 1.82) is 0 Å². The molecule has 1 unspecified atom stereocenters. The van der Waals surface area contributed by atoms with E-state index in [2.05, 4.69) is 17.9 Å². The van der Waals surface area contributed by atoms with E-state index in [4.69, 9.17) is 4.74 Å². The molecule has 0 bridgehead atoms. The van der Waals surface area contributed by atoms with Crippen molar-refractivity contribution >= 4 is 17.5 Å². The van der Waals surface area contributed by atoms with Gasteiger partial charge in [-0.25, -0.2) is 0 Å². The zero-order chi connectivity index (χ0) is 32.4. The van der Waals surface area contributed by atoms with Crippen molar-refractivity contribution < 1.29 is 32.6 Å². The van der Waals surface area contributed by atoms with Gasteiger partial charge in [-0.05, 0) is 100 Å². The number of piperidine rings is 2. The number of rotatable bonds is 8. The number of hydrogen-bond acceptors (Lipinski definition) is 5. The van der Waals surface area contributed by atoms with E-state index in [0.717, 1.165) is 55.7 Å². The normalized spacial score (nSPS) is 19.1. The van der Waals surface area contributed by atoms with Crippen LogP contribution in [0.25, 0.3) is 0 Å². The van der Waals surface area contributed by atoms with Gasteiger partial charge in [0, 0.05) is 57.1 Å². The molecule has 2 aliphatic heterocycles. The molecule has 242 valence electrons. The summed E-state index contributed by atoms with van der Waals surface area (Å²) in [6.45, 7) is 9.72. The molecule has 2 aromatic carbocycles. The van der Waals surface area contributed by atoms with Crippen molar-refractivity contribution in [2.75, 3.05) is 45.2 Å². The number of halogens is 3. The van der Waals surface area contributed by atoms with Gasteiger partial charge in [0.2, 0.25) is 0 Å². The first-order valence-corrected chi connectivity index (χ1v) is 15.5. The maximum absolute atomic E-state index is 14.4. The number of alkyl halides is 3.